The molecule has 2 N–H and O–H groups in total. The quantitative estimate of drug-likeness (QED) is 0.459. The summed E-state index contributed by atoms with van der Waals surface area (Å²) in [6.45, 7) is 3.51. The van der Waals surface area contributed by atoms with Gasteiger partial charge in [-0.05, 0) is 22.4 Å². The molecule has 2 heterocycles. The van der Waals surface area contributed by atoms with Crippen LogP contribution in [0.4, 0.5) is 0 Å². The second-order valence-electron chi connectivity index (χ2n) is 4.01. The number of hydrogen-bond acceptors (Lipinski definition) is 4. The summed E-state index contributed by atoms with van der Waals surface area (Å²) >= 11 is 1.70. The molecule has 1 fully saturated rings. The van der Waals surface area contributed by atoms with Crippen LogP contribution in [-0.2, 0) is 16.0 Å². The van der Waals surface area contributed by atoms with Crippen LogP contribution >= 0.6 is 35.3 Å². The Kier molecular flexibility index (Phi) is 8.35. The first-order valence-electron chi connectivity index (χ1n) is 6.03. The number of ether oxygens (including phenoxy) is 2. The van der Waals surface area contributed by atoms with Crippen molar-refractivity contribution in [2.45, 2.75) is 12.6 Å². The van der Waals surface area contributed by atoms with Gasteiger partial charge in [-0.1, -0.05) is 0 Å². The predicted molar refractivity (Wildman–Crippen MR) is 88.5 cm³/mol. The van der Waals surface area contributed by atoms with E-state index in [9.17, 15) is 0 Å². The summed E-state index contributed by atoms with van der Waals surface area (Å²) in [5, 5.41) is 10.7. The number of halogens is 1. The Hall–Kier alpha value is -0.380. The van der Waals surface area contributed by atoms with Gasteiger partial charge >= 0.3 is 0 Å². The Morgan fingerprint density at radius 2 is 2.37 bits per heavy atom. The number of nitrogens with zero attached hydrogens (tertiary/aromatic N) is 1. The highest BCUT2D eigenvalue weighted by Crippen LogP contribution is 2.04. The first-order chi connectivity index (χ1) is 8.88. The average Bonchev–Trinajstić information content (AvgIpc) is 2.93. The monoisotopic (exact) mass is 397 g/mol. The maximum Gasteiger partial charge on any atom is 0.191 e. The van der Waals surface area contributed by atoms with E-state index in [4.69, 9.17) is 9.47 Å². The zero-order chi connectivity index (χ0) is 12.6. The fraction of sp³-hybridized carbons (Fsp3) is 0.583. The van der Waals surface area contributed by atoms with Gasteiger partial charge in [-0.25, -0.2) is 0 Å². The maximum absolute atomic E-state index is 5.55. The molecule has 5 nitrogen and oxygen atoms in total. The fourth-order valence-corrected chi connectivity index (χ4v) is 2.33. The third-order valence-electron chi connectivity index (χ3n) is 2.65. The molecule has 0 amide bonds. The lowest BCUT2D eigenvalue weighted by molar-refractivity contribution is -0.0850. The van der Waals surface area contributed by atoms with E-state index in [0.29, 0.717) is 26.4 Å². The minimum atomic E-state index is 0. The van der Waals surface area contributed by atoms with Crippen molar-refractivity contribution in [3.8, 4) is 0 Å². The van der Waals surface area contributed by atoms with E-state index < -0.39 is 0 Å². The Morgan fingerprint density at radius 1 is 1.47 bits per heavy atom. The summed E-state index contributed by atoms with van der Waals surface area (Å²) in [5.74, 6) is 0.787. The molecule has 19 heavy (non-hydrogen) atoms. The molecule has 1 aromatic heterocycles. The minimum absolute atomic E-state index is 0. The molecule has 1 aliphatic heterocycles. The number of guanidine groups is 1. The minimum Gasteiger partial charge on any atom is -0.376 e. The molecular weight excluding hydrogens is 377 g/mol. The van der Waals surface area contributed by atoms with Gasteiger partial charge in [-0.15, -0.1) is 24.0 Å². The summed E-state index contributed by atoms with van der Waals surface area (Å²) < 4.78 is 10.9. The molecule has 0 bridgehead atoms. The van der Waals surface area contributed by atoms with Crippen LogP contribution in [-0.4, -0.2) is 45.5 Å². The lowest BCUT2D eigenvalue weighted by Crippen LogP contribution is -2.44. The molecule has 1 aromatic rings. The standard InChI is InChI=1S/C12H19N3O2S.HI/c1-13-12(14-6-10-2-5-18-9-10)15-7-11-8-16-3-4-17-11;/h2,5,9,11H,3-4,6-8H2,1H3,(H2,13,14,15);1H. The van der Waals surface area contributed by atoms with Crippen LogP contribution in [0.3, 0.4) is 0 Å². The van der Waals surface area contributed by atoms with Gasteiger partial charge in [0, 0.05) is 20.1 Å². The summed E-state index contributed by atoms with van der Waals surface area (Å²) in [5.41, 5.74) is 1.26. The van der Waals surface area contributed by atoms with Crippen LogP contribution in [0.15, 0.2) is 21.8 Å². The SMILES string of the molecule is CN=C(NCc1ccsc1)NCC1COCCO1.I. The molecule has 0 aliphatic carbocycles. The molecule has 7 heteroatoms. The molecule has 2 rings (SSSR count). The van der Waals surface area contributed by atoms with Crippen molar-refractivity contribution in [3.05, 3.63) is 22.4 Å². The van der Waals surface area contributed by atoms with Gasteiger partial charge in [0.05, 0.1) is 25.9 Å². The van der Waals surface area contributed by atoms with Gasteiger partial charge < -0.3 is 20.1 Å². The summed E-state index contributed by atoms with van der Waals surface area (Å²) in [4.78, 5) is 4.17. The molecule has 1 unspecified atom stereocenters. The number of rotatable bonds is 4. The van der Waals surface area contributed by atoms with Crippen LogP contribution in [0.1, 0.15) is 5.56 Å². The van der Waals surface area contributed by atoms with Gasteiger partial charge in [0.15, 0.2) is 5.96 Å². The summed E-state index contributed by atoms with van der Waals surface area (Å²) in [7, 11) is 1.77. The lowest BCUT2D eigenvalue weighted by Gasteiger charge is -2.24. The van der Waals surface area contributed by atoms with E-state index >= 15 is 0 Å². The van der Waals surface area contributed by atoms with Crippen LogP contribution < -0.4 is 10.6 Å². The second-order valence-corrected chi connectivity index (χ2v) is 4.79. The molecule has 0 saturated carbocycles. The number of hydrogen-bond donors (Lipinski definition) is 2. The van der Waals surface area contributed by atoms with Crippen molar-refractivity contribution in [1.29, 1.82) is 0 Å². The number of thiophene rings is 1. The Morgan fingerprint density at radius 3 is 3.00 bits per heavy atom. The van der Waals surface area contributed by atoms with Gasteiger partial charge in [-0.3, -0.25) is 4.99 Å². The Bertz CT molecular complexity index is 367. The summed E-state index contributed by atoms with van der Waals surface area (Å²) in [6, 6.07) is 2.10. The normalized spacial score (nSPS) is 19.6. The van der Waals surface area contributed by atoms with Crippen molar-refractivity contribution in [1.82, 2.24) is 10.6 Å². The fourth-order valence-electron chi connectivity index (χ4n) is 1.66. The van der Waals surface area contributed by atoms with Crippen molar-refractivity contribution < 1.29 is 9.47 Å². The van der Waals surface area contributed by atoms with Gasteiger partial charge in [-0.2, -0.15) is 11.3 Å². The first-order valence-corrected chi connectivity index (χ1v) is 6.97. The molecule has 1 aliphatic rings. The molecule has 0 spiro atoms. The van der Waals surface area contributed by atoms with Crippen LogP contribution in [0.5, 0.6) is 0 Å². The van der Waals surface area contributed by atoms with Crippen molar-refractivity contribution in [3.63, 3.8) is 0 Å². The van der Waals surface area contributed by atoms with Crippen LogP contribution in [0.2, 0.25) is 0 Å². The topological polar surface area (TPSA) is 54.9 Å². The molecule has 108 valence electrons. The van der Waals surface area contributed by atoms with E-state index in [1.165, 1.54) is 5.56 Å². The number of nitrogens with one attached hydrogen (secondary N) is 2. The number of aliphatic imine (C=N–C) groups is 1. The van der Waals surface area contributed by atoms with Crippen molar-refractivity contribution in [2.75, 3.05) is 33.4 Å². The van der Waals surface area contributed by atoms with Crippen molar-refractivity contribution >= 4 is 41.3 Å². The maximum atomic E-state index is 5.55. The Balaban J connectivity index is 0.00000180. The predicted octanol–water partition coefficient (Wildman–Crippen LogP) is 1.45. The van der Waals surface area contributed by atoms with Gasteiger partial charge in [0.2, 0.25) is 0 Å². The molecular formula is C12H20IN3O2S. The van der Waals surface area contributed by atoms with E-state index in [-0.39, 0.29) is 30.1 Å². The zero-order valence-electron chi connectivity index (χ0n) is 10.9. The molecule has 0 radical (unpaired) electrons. The first kappa shape index (κ1) is 16.7. The Labute approximate surface area is 134 Å². The molecule has 1 atom stereocenters. The van der Waals surface area contributed by atoms with Gasteiger partial charge in [0.1, 0.15) is 0 Å². The van der Waals surface area contributed by atoms with E-state index in [0.717, 1.165) is 12.5 Å². The smallest absolute Gasteiger partial charge is 0.191 e. The molecule has 1 saturated heterocycles. The highest BCUT2D eigenvalue weighted by Gasteiger charge is 2.14. The highest BCUT2D eigenvalue weighted by atomic mass is 127. The largest absolute Gasteiger partial charge is 0.376 e. The van der Waals surface area contributed by atoms with E-state index in [1.54, 1.807) is 18.4 Å². The van der Waals surface area contributed by atoms with Gasteiger partial charge in [0.25, 0.3) is 0 Å². The average molecular weight is 397 g/mol. The zero-order valence-corrected chi connectivity index (χ0v) is 14.1. The highest BCUT2D eigenvalue weighted by molar-refractivity contribution is 14.0. The van der Waals surface area contributed by atoms with E-state index in [2.05, 4.69) is 32.5 Å². The molecule has 0 aromatic carbocycles. The lowest BCUT2D eigenvalue weighted by atomic mass is 10.3. The van der Waals surface area contributed by atoms with Crippen molar-refractivity contribution in [2.24, 2.45) is 4.99 Å². The van der Waals surface area contributed by atoms with E-state index in [1.807, 2.05) is 0 Å². The van der Waals surface area contributed by atoms with Crippen LogP contribution in [0.25, 0.3) is 0 Å². The summed E-state index contributed by atoms with van der Waals surface area (Å²) in [6.07, 6.45) is 0.110. The third-order valence-corrected chi connectivity index (χ3v) is 3.38. The second kappa shape index (κ2) is 9.51. The van der Waals surface area contributed by atoms with Crippen LogP contribution in [0, 0.1) is 0 Å². The third kappa shape index (κ3) is 6.07.